The minimum absolute atomic E-state index is 0.227. The lowest BCUT2D eigenvalue weighted by Gasteiger charge is -2.08. The topological polar surface area (TPSA) is 56.2 Å². The van der Waals surface area contributed by atoms with Gasteiger partial charge in [-0.1, -0.05) is 53.5 Å². The van der Waals surface area contributed by atoms with Crippen molar-refractivity contribution in [1.29, 1.82) is 0 Å². The molecule has 5 nitrogen and oxygen atoms in total. The van der Waals surface area contributed by atoms with Crippen LogP contribution in [0, 0.1) is 0 Å². The summed E-state index contributed by atoms with van der Waals surface area (Å²) in [5.74, 6) is 0.957. The van der Waals surface area contributed by atoms with Gasteiger partial charge in [-0.25, -0.2) is 0 Å². The van der Waals surface area contributed by atoms with Gasteiger partial charge in [0.25, 0.3) is 5.91 Å². The summed E-state index contributed by atoms with van der Waals surface area (Å²) in [7, 11) is 0. The van der Waals surface area contributed by atoms with Gasteiger partial charge in [0.05, 0.1) is 6.54 Å². The molecule has 4 aromatic rings. The van der Waals surface area contributed by atoms with Gasteiger partial charge in [-0.2, -0.15) is 5.10 Å². The molecule has 0 bridgehead atoms. The van der Waals surface area contributed by atoms with Gasteiger partial charge in [0.1, 0.15) is 12.4 Å². The highest BCUT2D eigenvalue weighted by molar-refractivity contribution is 6.30. The summed E-state index contributed by atoms with van der Waals surface area (Å²) in [4.78, 5) is 12.5. The van der Waals surface area contributed by atoms with Crippen LogP contribution in [0.4, 0.5) is 5.82 Å². The maximum Gasteiger partial charge on any atom is 0.256 e. The minimum Gasteiger partial charge on any atom is -0.489 e. The lowest BCUT2D eigenvalue weighted by molar-refractivity contribution is 0.102. The Balaban J connectivity index is 1.33. The number of nitrogens with one attached hydrogen (secondary N) is 1. The smallest absolute Gasteiger partial charge is 0.256 e. The molecule has 1 N–H and O–H groups in total. The van der Waals surface area contributed by atoms with Gasteiger partial charge in [0.15, 0.2) is 5.82 Å². The molecule has 1 aromatic heterocycles. The third-order valence-electron chi connectivity index (χ3n) is 4.53. The number of carbonyl (C=O) groups is 1. The highest BCUT2D eigenvalue weighted by Gasteiger charge is 2.09. The van der Waals surface area contributed by atoms with E-state index in [4.69, 9.17) is 27.9 Å². The Morgan fingerprint density at radius 2 is 1.65 bits per heavy atom. The molecule has 31 heavy (non-hydrogen) atoms. The van der Waals surface area contributed by atoms with E-state index in [1.165, 1.54) is 0 Å². The van der Waals surface area contributed by atoms with E-state index in [9.17, 15) is 4.79 Å². The van der Waals surface area contributed by atoms with Crippen LogP contribution < -0.4 is 10.1 Å². The molecule has 156 valence electrons. The fourth-order valence-electron chi connectivity index (χ4n) is 3.00. The molecule has 0 radical (unpaired) electrons. The summed E-state index contributed by atoms with van der Waals surface area (Å²) in [6, 6.07) is 23.8. The third-order valence-corrected chi connectivity index (χ3v) is 5.00. The molecular formula is C24H19Cl2N3O2. The maximum absolute atomic E-state index is 12.5. The first-order valence-electron chi connectivity index (χ1n) is 9.62. The van der Waals surface area contributed by atoms with Crippen LogP contribution in [-0.2, 0) is 13.2 Å². The van der Waals surface area contributed by atoms with Crippen LogP contribution in [0.25, 0.3) is 0 Å². The Labute approximate surface area is 190 Å². The van der Waals surface area contributed by atoms with Gasteiger partial charge in [0, 0.05) is 27.9 Å². The van der Waals surface area contributed by atoms with Crippen LogP contribution in [0.5, 0.6) is 5.75 Å². The first-order valence-corrected chi connectivity index (χ1v) is 10.4. The molecular weight excluding hydrogens is 433 g/mol. The zero-order chi connectivity index (χ0) is 21.6. The Morgan fingerprint density at radius 1 is 0.903 bits per heavy atom. The Morgan fingerprint density at radius 3 is 2.39 bits per heavy atom. The number of anilines is 1. The number of hydrogen-bond donors (Lipinski definition) is 1. The minimum atomic E-state index is -0.227. The first kappa shape index (κ1) is 21.0. The summed E-state index contributed by atoms with van der Waals surface area (Å²) in [6.07, 6.45) is 1.81. The molecule has 0 atom stereocenters. The summed E-state index contributed by atoms with van der Waals surface area (Å²) in [5.41, 5.74) is 2.52. The molecule has 1 amide bonds. The van der Waals surface area contributed by atoms with E-state index in [-0.39, 0.29) is 5.91 Å². The van der Waals surface area contributed by atoms with Crippen LogP contribution in [0.3, 0.4) is 0 Å². The highest BCUT2D eigenvalue weighted by atomic mass is 35.5. The molecule has 4 rings (SSSR count). The summed E-state index contributed by atoms with van der Waals surface area (Å²) in [6.45, 7) is 0.952. The molecule has 0 saturated heterocycles. The number of nitrogens with zero attached hydrogens (tertiary/aromatic N) is 2. The van der Waals surface area contributed by atoms with E-state index in [0.717, 1.165) is 11.1 Å². The van der Waals surface area contributed by atoms with Crippen molar-refractivity contribution < 1.29 is 9.53 Å². The average Bonchev–Trinajstić information content (AvgIpc) is 3.19. The van der Waals surface area contributed by atoms with Crippen LogP contribution in [-0.4, -0.2) is 15.7 Å². The molecule has 0 saturated carbocycles. The van der Waals surface area contributed by atoms with Crippen molar-refractivity contribution in [2.24, 2.45) is 0 Å². The molecule has 0 unspecified atom stereocenters. The van der Waals surface area contributed by atoms with Crippen molar-refractivity contribution in [3.05, 3.63) is 112 Å². The summed E-state index contributed by atoms with van der Waals surface area (Å²) in [5, 5.41) is 8.52. The van der Waals surface area contributed by atoms with Gasteiger partial charge in [-0.05, 0) is 53.6 Å². The molecule has 0 aliphatic rings. The lowest BCUT2D eigenvalue weighted by atomic mass is 10.1. The lowest BCUT2D eigenvalue weighted by Crippen LogP contribution is -2.13. The second-order valence-electron chi connectivity index (χ2n) is 6.93. The van der Waals surface area contributed by atoms with Crippen LogP contribution in [0.15, 0.2) is 85.1 Å². The van der Waals surface area contributed by atoms with Gasteiger partial charge < -0.3 is 10.1 Å². The van der Waals surface area contributed by atoms with Crippen LogP contribution >= 0.6 is 23.2 Å². The molecule has 0 spiro atoms. The van der Waals surface area contributed by atoms with Crippen molar-refractivity contribution in [1.82, 2.24) is 9.78 Å². The van der Waals surface area contributed by atoms with Gasteiger partial charge >= 0.3 is 0 Å². The predicted molar refractivity (Wildman–Crippen MR) is 123 cm³/mol. The summed E-state index contributed by atoms with van der Waals surface area (Å²) < 4.78 is 7.47. The number of amides is 1. The van der Waals surface area contributed by atoms with E-state index in [0.29, 0.717) is 40.3 Å². The molecule has 3 aromatic carbocycles. The SMILES string of the molecule is O=C(Nc1ccn(Cc2cccc(Cl)c2)n1)c1ccc(COc2cccc(Cl)c2)cc1. The van der Waals surface area contributed by atoms with Crippen molar-refractivity contribution in [2.45, 2.75) is 13.2 Å². The van der Waals surface area contributed by atoms with E-state index in [1.807, 2.05) is 54.7 Å². The number of rotatable bonds is 7. The van der Waals surface area contributed by atoms with Crippen molar-refractivity contribution in [2.75, 3.05) is 5.32 Å². The van der Waals surface area contributed by atoms with Gasteiger partial charge in [-0.15, -0.1) is 0 Å². The molecule has 0 fully saturated rings. The van der Waals surface area contributed by atoms with Crippen molar-refractivity contribution in [3.63, 3.8) is 0 Å². The zero-order valence-electron chi connectivity index (χ0n) is 16.5. The highest BCUT2D eigenvalue weighted by Crippen LogP contribution is 2.19. The standard InChI is InChI=1S/C24H19Cl2N3O2/c25-20-4-1-3-18(13-20)15-29-12-11-23(28-29)27-24(30)19-9-7-17(8-10-19)16-31-22-6-2-5-21(26)14-22/h1-14H,15-16H2,(H,27,28,30). The number of halogens is 2. The number of ether oxygens (including phenoxy) is 1. The van der Waals surface area contributed by atoms with Crippen molar-refractivity contribution >= 4 is 34.9 Å². The van der Waals surface area contributed by atoms with Gasteiger partial charge in [0.2, 0.25) is 0 Å². The Kier molecular flexibility index (Phi) is 6.55. The van der Waals surface area contributed by atoms with Gasteiger partial charge in [-0.3, -0.25) is 9.48 Å². The Bertz CT molecular complexity index is 1190. The van der Waals surface area contributed by atoms with E-state index in [1.54, 1.807) is 35.0 Å². The molecule has 7 heteroatoms. The fourth-order valence-corrected chi connectivity index (χ4v) is 3.40. The van der Waals surface area contributed by atoms with Crippen molar-refractivity contribution in [3.8, 4) is 5.75 Å². The van der Waals surface area contributed by atoms with E-state index < -0.39 is 0 Å². The van der Waals surface area contributed by atoms with Crippen LogP contribution in [0.1, 0.15) is 21.5 Å². The molecule has 0 aliphatic heterocycles. The Hall–Kier alpha value is -3.28. The average molecular weight is 452 g/mol. The predicted octanol–water partition coefficient (Wildman–Crippen LogP) is 6.07. The molecule has 0 aliphatic carbocycles. The number of aromatic nitrogens is 2. The zero-order valence-corrected chi connectivity index (χ0v) is 18.0. The quantitative estimate of drug-likeness (QED) is 0.370. The number of hydrogen-bond acceptors (Lipinski definition) is 3. The third kappa shape index (κ3) is 5.87. The largest absolute Gasteiger partial charge is 0.489 e. The summed E-state index contributed by atoms with van der Waals surface area (Å²) >= 11 is 12.0. The second kappa shape index (κ2) is 9.69. The number of benzene rings is 3. The van der Waals surface area contributed by atoms with Crippen LogP contribution in [0.2, 0.25) is 10.0 Å². The first-order chi connectivity index (χ1) is 15.0. The maximum atomic E-state index is 12.5. The van der Waals surface area contributed by atoms with E-state index >= 15 is 0 Å². The monoisotopic (exact) mass is 451 g/mol. The fraction of sp³-hybridized carbons (Fsp3) is 0.0833. The molecule has 1 heterocycles. The normalized spacial score (nSPS) is 10.6. The van der Waals surface area contributed by atoms with E-state index in [2.05, 4.69) is 10.4 Å². The number of carbonyl (C=O) groups excluding carboxylic acids is 1. The second-order valence-corrected chi connectivity index (χ2v) is 7.80.